The Hall–Kier alpha value is -2.19. The number of carbonyl (C=O) groups is 1. The van der Waals surface area contributed by atoms with Crippen LogP contribution in [0.1, 0.15) is 40.2 Å². The fourth-order valence-corrected chi connectivity index (χ4v) is 2.30. The summed E-state index contributed by atoms with van der Waals surface area (Å²) in [5, 5.41) is 15.0. The van der Waals surface area contributed by atoms with E-state index in [0.717, 1.165) is 30.0 Å². The molecule has 0 aliphatic carbocycles. The van der Waals surface area contributed by atoms with E-state index in [2.05, 4.69) is 35.4 Å². The second-order valence-electron chi connectivity index (χ2n) is 6.69. The number of rotatable bonds is 6. The van der Waals surface area contributed by atoms with Gasteiger partial charge in [-0.2, -0.15) is 5.26 Å². The van der Waals surface area contributed by atoms with Gasteiger partial charge in [0.1, 0.15) is 11.6 Å². The normalized spacial score (nSPS) is 11.2. The largest absolute Gasteiger partial charge is 1.00 e. The highest BCUT2D eigenvalue weighted by atomic mass is 35.5. The van der Waals surface area contributed by atoms with Gasteiger partial charge in [-0.1, -0.05) is 0 Å². The second kappa shape index (κ2) is 9.95. The molecule has 0 atom stereocenters. The number of nitrogens with one attached hydrogen (secondary N) is 2. The number of nitrogens with zero attached hydrogens (tertiary/aromatic N) is 2. The first-order chi connectivity index (χ1) is 11.2. The van der Waals surface area contributed by atoms with Gasteiger partial charge in [0.25, 0.3) is 5.91 Å². The molecule has 0 saturated heterocycles. The third-order valence-electron chi connectivity index (χ3n) is 3.56. The zero-order valence-electron chi connectivity index (χ0n) is 15.9. The molecule has 1 aromatic carbocycles. The van der Waals surface area contributed by atoms with Crippen LogP contribution in [0.25, 0.3) is 0 Å². The number of carbonyl (C=O) groups excluding carboxylic acids is 1. The van der Waals surface area contributed by atoms with Gasteiger partial charge in [0.2, 0.25) is 0 Å². The standard InChI is InChI=1S/C19H28N4O.ClH/c1-7-23(8-2)16-9-10-17(14(3)11-16)21-13-15(12-20)18(24)22-19(4,5)6;/h9-11,13,21H,7-8H2,1-6H3,(H,22,24);1H/p-1/b15-13-;. The SMILES string of the molecule is CCN(CC)c1ccc(N/C=C(/C#N)C(=O)NC(C)(C)C)c(C)c1.[Cl-]. The minimum atomic E-state index is -0.381. The highest BCUT2D eigenvalue weighted by Crippen LogP contribution is 2.22. The predicted octanol–water partition coefficient (Wildman–Crippen LogP) is 0.579. The van der Waals surface area contributed by atoms with Gasteiger partial charge in [0.15, 0.2) is 0 Å². The predicted molar refractivity (Wildman–Crippen MR) is 100.0 cm³/mol. The average molecular weight is 364 g/mol. The molecule has 0 radical (unpaired) electrons. The van der Waals surface area contributed by atoms with Crippen molar-refractivity contribution in [2.45, 2.75) is 47.1 Å². The van der Waals surface area contributed by atoms with Crippen LogP contribution in [0.4, 0.5) is 11.4 Å². The van der Waals surface area contributed by atoms with Crippen LogP contribution in [-0.4, -0.2) is 24.5 Å². The van der Waals surface area contributed by atoms with E-state index in [0.29, 0.717) is 0 Å². The van der Waals surface area contributed by atoms with Gasteiger partial charge >= 0.3 is 0 Å². The Morgan fingerprint density at radius 1 is 1.28 bits per heavy atom. The molecule has 0 fully saturated rings. The van der Waals surface area contributed by atoms with E-state index in [-0.39, 0.29) is 29.4 Å². The molecular formula is C19H28ClN4O-. The fraction of sp³-hybridized carbons (Fsp3) is 0.474. The fourth-order valence-electron chi connectivity index (χ4n) is 2.30. The van der Waals surface area contributed by atoms with Gasteiger partial charge < -0.3 is 27.9 Å². The van der Waals surface area contributed by atoms with E-state index in [1.807, 2.05) is 45.9 Å². The first kappa shape index (κ1) is 22.8. The summed E-state index contributed by atoms with van der Waals surface area (Å²) in [6.45, 7) is 13.8. The van der Waals surface area contributed by atoms with Gasteiger partial charge in [-0.05, 0) is 65.3 Å². The summed E-state index contributed by atoms with van der Waals surface area (Å²) < 4.78 is 0. The van der Waals surface area contributed by atoms with Gasteiger partial charge in [-0.3, -0.25) is 4.79 Å². The molecule has 5 nitrogen and oxygen atoms in total. The van der Waals surface area contributed by atoms with Crippen molar-refractivity contribution in [2.75, 3.05) is 23.3 Å². The van der Waals surface area contributed by atoms with Gasteiger partial charge in [0, 0.05) is 36.2 Å². The molecule has 0 aliphatic heterocycles. The topological polar surface area (TPSA) is 68.2 Å². The summed E-state index contributed by atoms with van der Waals surface area (Å²) in [6, 6.07) is 8.05. The number of halogens is 1. The number of benzene rings is 1. The summed E-state index contributed by atoms with van der Waals surface area (Å²) in [7, 11) is 0. The van der Waals surface area contributed by atoms with E-state index in [1.54, 1.807) is 0 Å². The van der Waals surface area contributed by atoms with Crippen molar-refractivity contribution < 1.29 is 17.2 Å². The highest BCUT2D eigenvalue weighted by molar-refractivity contribution is 5.98. The lowest BCUT2D eigenvalue weighted by molar-refractivity contribution is -0.118. The van der Waals surface area contributed by atoms with Crippen LogP contribution in [0.15, 0.2) is 30.0 Å². The lowest BCUT2D eigenvalue weighted by atomic mass is 10.1. The van der Waals surface area contributed by atoms with Crippen LogP contribution in [0.3, 0.4) is 0 Å². The van der Waals surface area contributed by atoms with E-state index >= 15 is 0 Å². The molecule has 1 aromatic rings. The number of hydrogen-bond donors (Lipinski definition) is 2. The Labute approximate surface area is 157 Å². The van der Waals surface area contributed by atoms with Gasteiger partial charge in [-0.15, -0.1) is 0 Å². The first-order valence-electron chi connectivity index (χ1n) is 8.26. The number of hydrogen-bond acceptors (Lipinski definition) is 4. The van der Waals surface area contributed by atoms with Crippen LogP contribution in [0.2, 0.25) is 0 Å². The Balaban J connectivity index is 0.00000576. The molecule has 1 amide bonds. The molecule has 0 spiro atoms. The van der Waals surface area contributed by atoms with Crippen molar-refractivity contribution in [1.29, 1.82) is 5.26 Å². The third-order valence-corrected chi connectivity index (χ3v) is 3.56. The van der Waals surface area contributed by atoms with Crippen LogP contribution in [-0.2, 0) is 4.79 Å². The van der Waals surface area contributed by atoms with Crippen molar-refractivity contribution in [3.63, 3.8) is 0 Å². The lowest BCUT2D eigenvalue weighted by Gasteiger charge is -2.22. The summed E-state index contributed by atoms with van der Waals surface area (Å²) in [5.41, 5.74) is 2.77. The van der Waals surface area contributed by atoms with Gasteiger partial charge in [0.05, 0.1) is 0 Å². The number of anilines is 2. The molecule has 0 aliphatic rings. The smallest absolute Gasteiger partial charge is 0.263 e. The summed E-state index contributed by atoms with van der Waals surface area (Å²) in [6.07, 6.45) is 1.46. The molecule has 0 saturated carbocycles. The van der Waals surface area contributed by atoms with E-state index in [9.17, 15) is 10.1 Å². The molecule has 0 unspecified atom stereocenters. The zero-order chi connectivity index (χ0) is 18.3. The Morgan fingerprint density at radius 3 is 2.32 bits per heavy atom. The van der Waals surface area contributed by atoms with Crippen LogP contribution in [0, 0.1) is 18.3 Å². The molecule has 25 heavy (non-hydrogen) atoms. The maximum Gasteiger partial charge on any atom is 0.263 e. The summed E-state index contributed by atoms with van der Waals surface area (Å²) >= 11 is 0. The van der Waals surface area contributed by atoms with E-state index < -0.39 is 0 Å². The van der Waals surface area contributed by atoms with Gasteiger partial charge in [-0.25, -0.2) is 0 Å². The molecule has 6 heteroatoms. The second-order valence-corrected chi connectivity index (χ2v) is 6.69. The van der Waals surface area contributed by atoms with Crippen LogP contribution in [0.5, 0.6) is 0 Å². The van der Waals surface area contributed by atoms with Crippen molar-refractivity contribution in [3.05, 3.63) is 35.5 Å². The molecule has 1 rings (SSSR count). The maximum atomic E-state index is 12.1. The quantitative estimate of drug-likeness (QED) is 0.573. The monoisotopic (exact) mass is 363 g/mol. The van der Waals surface area contributed by atoms with Crippen molar-refractivity contribution in [3.8, 4) is 6.07 Å². The van der Waals surface area contributed by atoms with E-state index in [1.165, 1.54) is 6.20 Å². The molecule has 138 valence electrons. The number of nitriles is 1. The summed E-state index contributed by atoms with van der Waals surface area (Å²) in [5.74, 6) is -0.380. The third kappa shape index (κ3) is 7.06. The Morgan fingerprint density at radius 2 is 1.88 bits per heavy atom. The summed E-state index contributed by atoms with van der Waals surface area (Å²) in [4.78, 5) is 14.3. The van der Waals surface area contributed by atoms with Crippen molar-refractivity contribution in [2.24, 2.45) is 0 Å². The Kier molecular flexibility index (Phi) is 9.08. The minimum Gasteiger partial charge on any atom is -1.00 e. The molecule has 0 aromatic heterocycles. The number of aryl methyl sites for hydroxylation is 1. The van der Waals surface area contributed by atoms with Crippen molar-refractivity contribution >= 4 is 17.3 Å². The molecular weight excluding hydrogens is 336 g/mol. The highest BCUT2D eigenvalue weighted by Gasteiger charge is 2.17. The lowest BCUT2D eigenvalue weighted by Crippen LogP contribution is -3.00. The molecule has 0 bridgehead atoms. The Bertz CT molecular complexity index is 652. The van der Waals surface area contributed by atoms with Crippen LogP contribution < -0.4 is 27.9 Å². The molecule has 2 N–H and O–H groups in total. The maximum absolute atomic E-state index is 12.1. The minimum absolute atomic E-state index is 0. The molecule has 0 heterocycles. The average Bonchev–Trinajstić information content (AvgIpc) is 2.49. The van der Waals surface area contributed by atoms with E-state index in [4.69, 9.17) is 0 Å². The van der Waals surface area contributed by atoms with Crippen LogP contribution >= 0.6 is 0 Å². The number of amides is 1. The van der Waals surface area contributed by atoms with Crippen molar-refractivity contribution in [1.82, 2.24) is 5.32 Å². The first-order valence-corrected chi connectivity index (χ1v) is 8.26. The zero-order valence-corrected chi connectivity index (χ0v) is 16.7.